The minimum absolute atomic E-state index is 0.0883. The second kappa shape index (κ2) is 6.12. The molecule has 1 aromatic rings. The molecule has 0 aliphatic carbocycles. The van der Waals surface area contributed by atoms with E-state index in [0.717, 1.165) is 10.7 Å². The maximum atomic E-state index is 10.9. The lowest BCUT2D eigenvalue weighted by molar-refractivity contribution is 0.567. The molecule has 1 rings (SSSR count). The van der Waals surface area contributed by atoms with Crippen LogP contribution in [0.2, 0.25) is 0 Å². The number of nitrogens with one attached hydrogen (secondary N) is 1. The van der Waals surface area contributed by atoms with Gasteiger partial charge in [-0.05, 0) is 13.0 Å². The predicted octanol–water partition coefficient (Wildman–Crippen LogP) is 1.96. The van der Waals surface area contributed by atoms with Crippen molar-refractivity contribution in [3.63, 3.8) is 0 Å². The molecule has 0 aliphatic heterocycles. The summed E-state index contributed by atoms with van der Waals surface area (Å²) in [6.07, 6.45) is 1.92. The van der Waals surface area contributed by atoms with Crippen LogP contribution in [0.3, 0.4) is 0 Å². The first-order valence-corrected chi connectivity index (χ1v) is 8.96. The van der Waals surface area contributed by atoms with Crippen molar-refractivity contribution in [2.75, 3.05) is 18.6 Å². The number of aromatic nitrogens is 1. The Hall–Kier alpha value is -0.460. The van der Waals surface area contributed by atoms with Gasteiger partial charge in [-0.2, -0.15) is 0 Å². The first-order valence-electron chi connectivity index (χ1n) is 6.02. The fourth-order valence-electron chi connectivity index (χ4n) is 1.39. The van der Waals surface area contributed by atoms with Gasteiger partial charge in [0.05, 0.1) is 11.4 Å². The van der Waals surface area contributed by atoms with Crippen molar-refractivity contribution < 1.29 is 8.42 Å². The Bertz CT molecular complexity index is 473. The molecule has 0 fully saturated rings. The van der Waals surface area contributed by atoms with Crippen LogP contribution >= 0.6 is 11.3 Å². The molecule has 0 radical (unpaired) electrons. The van der Waals surface area contributed by atoms with E-state index in [-0.39, 0.29) is 11.2 Å². The van der Waals surface area contributed by atoms with Crippen LogP contribution in [0, 0.1) is 0 Å². The number of nitrogens with zero attached hydrogens (tertiary/aromatic N) is 1. The quantitative estimate of drug-likeness (QED) is 0.814. The molecule has 1 aromatic heterocycles. The molecular formula is C12H22N2O2S2. The van der Waals surface area contributed by atoms with Crippen LogP contribution in [-0.4, -0.2) is 32.0 Å². The van der Waals surface area contributed by atoms with E-state index in [1.54, 1.807) is 11.3 Å². The maximum Gasteiger partial charge on any atom is 0.147 e. The minimum Gasteiger partial charge on any atom is -0.310 e. The highest BCUT2D eigenvalue weighted by Crippen LogP contribution is 2.23. The van der Waals surface area contributed by atoms with Gasteiger partial charge in [0.1, 0.15) is 14.8 Å². The molecule has 18 heavy (non-hydrogen) atoms. The van der Waals surface area contributed by atoms with Gasteiger partial charge in [0.2, 0.25) is 0 Å². The summed E-state index contributed by atoms with van der Waals surface area (Å²) in [6.45, 7) is 7.85. The standard InChI is InChI=1S/C12H22N2O2S2/c1-12(2,3)10-9-17-11(14-10)8-13-6-5-7-18(4,15)16/h9,13H,5-8H2,1-4H3. The number of rotatable bonds is 6. The van der Waals surface area contributed by atoms with E-state index < -0.39 is 9.84 Å². The smallest absolute Gasteiger partial charge is 0.147 e. The zero-order chi connectivity index (χ0) is 13.8. The highest BCUT2D eigenvalue weighted by Gasteiger charge is 2.17. The van der Waals surface area contributed by atoms with Gasteiger partial charge in [0, 0.05) is 23.6 Å². The van der Waals surface area contributed by atoms with Crippen LogP contribution in [-0.2, 0) is 21.8 Å². The third kappa shape index (κ3) is 5.93. The van der Waals surface area contributed by atoms with Crippen molar-refractivity contribution in [3.8, 4) is 0 Å². The van der Waals surface area contributed by atoms with Crippen molar-refractivity contribution in [3.05, 3.63) is 16.1 Å². The van der Waals surface area contributed by atoms with Crippen molar-refractivity contribution in [1.82, 2.24) is 10.3 Å². The zero-order valence-corrected chi connectivity index (χ0v) is 13.1. The summed E-state index contributed by atoms with van der Waals surface area (Å²) in [4.78, 5) is 4.57. The average molecular weight is 290 g/mol. The highest BCUT2D eigenvalue weighted by atomic mass is 32.2. The predicted molar refractivity (Wildman–Crippen MR) is 76.8 cm³/mol. The molecule has 1 heterocycles. The number of sulfone groups is 1. The minimum atomic E-state index is -2.84. The summed E-state index contributed by atoms with van der Waals surface area (Å²) in [7, 11) is -2.84. The van der Waals surface area contributed by atoms with E-state index in [4.69, 9.17) is 0 Å². The van der Waals surface area contributed by atoms with Crippen LogP contribution in [0.4, 0.5) is 0 Å². The Kier molecular flexibility index (Phi) is 5.31. The van der Waals surface area contributed by atoms with Crippen LogP contribution in [0.5, 0.6) is 0 Å². The molecule has 1 N–H and O–H groups in total. The summed E-state index contributed by atoms with van der Waals surface area (Å²) in [5.41, 5.74) is 1.20. The van der Waals surface area contributed by atoms with Gasteiger partial charge in [-0.1, -0.05) is 20.8 Å². The number of hydrogen-bond acceptors (Lipinski definition) is 5. The van der Waals surface area contributed by atoms with Gasteiger partial charge in [0.15, 0.2) is 0 Å². The average Bonchev–Trinajstić information content (AvgIpc) is 2.63. The van der Waals surface area contributed by atoms with Gasteiger partial charge in [-0.25, -0.2) is 13.4 Å². The molecule has 0 atom stereocenters. The molecule has 4 nitrogen and oxygen atoms in total. The molecule has 0 aliphatic rings. The zero-order valence-electron chi connectivity index (χ0n) is 11.5. The van der Waals surface area contributed by atoms with Gasteiger partial charge in [-0.15, -0.1) is 11.3 Å². The molecule has 0 bridgehead atoms. The van der Waals surface area contributed by atoms with Crippen molar-refractivity contribution in [1.29, 1.82) is 0 Å². The molecule has 6 heteroatoms. The summed E-state index contributed by atoms with van der Waals surface area (Å²) < 4.78 is 21.9. The van der Waals surface area contributed by atoms with Gasteiger partial charge >= 0.3 is 0 Å². The molecular weight excluding hydrogens is 268 g/mol. The molecule has 0 amide bonds. The van der Waals surface area contributed by atoms with Crippen molar-refractivity contribution >= 4 is 21.2 Å². The Balaban J connectivity index is 2.30. The summed E-state index contributed by atoms with van der Waals surface area (Å²) in [5.74, 6) is 0.241. The fourth-order valence-corrected chi connectivity index (χ4v) is 3.05. The van der Waals surface area contributed by atoms with Gasteiger partial charge in [0.25, 0.3) is 0 Å². The van der Waals surface area contributed by atoms with E-state index in [9.17, 15) is 8.42 Å². The molecule has 0 aromatic carbocycles. The van der Waals surface area contributed by atoms with Crippen LogP contribution in [0.1, 0.15) is 37.9 Å². The maximum absolute atomic E-state index is 10.9. The monoisotopic (exact) mass is 290 g/mol. The SMILES string of the molecule is CC(C)(C)c1csc(CNCCCS(C)(=O)=O)n1. The lowest BCUT2D eigenvalue weighted by Crippen LogP contribution is -2.18. The van der Waals surface area contributed by atoms with E-state index >= 15 is 0 Å². The Labute approximate surface area is 114 Å². The molecule has 0 saturated carbocycles. The van der Waals surface area contributed by atoms with Crippen LogP contribution in [0.15, 0.2) is 5.38 Å². The number of thiazole rings is 1. The van der Waals surface area contributed by atoms with Crippen molar-refractivity contribution in [2.24, 2.45) is 0 Å². The van der Waals surface area contributed by atoms with Crippen LogP contribution in [0.25, 0.3) is 0 Å². The summed E-state index contributed by atoms with van der Waals surface area (Å²) >= 11 is 1.65. The highest BCUT2D eigenvalue weighted by molar-refractivity contribution is 7.90. The van der Waals surface area contributed by atoms with E-state index in [2.05, 4.69) is 36.5 Å². The third-order valence-electron chi connectivity index (χ3n) is 2.47. The van der Waals surface area contributed by atoms with Crippen molar-refractivity contribution in [2.45, 2.75) is 39.2 Å². The Morgan fingerprint density at radius 2 is 2.06 bits per heavy atom. The lowest BCUT2D eigenvalue weighted by atomic mass is 9.93. The second-order valence-corrected chi connectivity index (χ2v) is 8.74. The van der Waals surface area contributed by atoms with E-state index in [0.29, 0.717) is 19.5 Å². The van der Waals surface area contributed by atoms with Crippen LogP contribution < -0.4 is 5.32 Å². The first-order chi connectivity index (χ1) is 8.18. The topological polar surface area (TPSA) is 59.1 Å². The molecule has 0 spiro atoms. The Morgan fingerprint density at radius 3 is 2.56 bits per heavy atom. The molecule has 0 saturated heterocycles. The Morgan fingerprint density at radius 1 is 1.39 bits per heavy atom. The lowest BCUT2D eigenvalue weighted by Gasteiger charge is -2.14. The first kappa shape index (κ1) is 15.6. The fraction of sp³-hybridized carbons (Fsp3) is 0.750. The van der Waals surface area contributed by atoms with Gasteiger partial charge < -0.3 is 5.32 Å². The second-order valence-electron chi connectivity index (χ2n) is 5.54. The van der Waals surface area contributed by atoms with E-state index in [1.165, 1.54) is 6.26 Å². The summed E-state index contributed by atoms with van der Waals surface area (Å²) in [5, 5.41) is 6.37. The van der Waals surface area contributed by atoms with E-state index in [1.807, 2.05) is 0 Å². The third-order valence-corrected chi connectivity index (χ3v) is 4.34. The molecule has 0 unspecified atom stereocenters. The summed E-state index contributed by atoms with van der Waals surface area (Å²) in [6, 6.07) is 0. The number of hydrogen-bond donors (Lipinski definition) is 1. The van der Waals surface area contributed by atoms with Gasteiger partial charge in [-0.3, -0.25) is 0 Å². The molecule has 104 valence electrons. The largest absolute Gasteiger partial charge is 0.310 e. The normalized spacial score (nSPS) is 12.9.